The average molecular weight is 257 g/mol. The lowest BCUT2D eigenvalue weighted by atomic mass is 10.0. The maximum Gasteiger partial charge on any atom is 0.00966 e. The molecule has 0 bridgehead atoms. The number of allylic oxidation sites excluding steroid dienone is 1. The highest BCUT2D eigenvalue weighted by Crippen LogP contribution is 2.51. The standard InChI is InChI=1S/C18H27N/c1-14(9-8-12-19-18(2,3)4)16-13-17(16)15-10-6-5-7-11-15/h5-7,9-11,16-17,19H,8,12-13H2,1-4H3/b14-9-. The van der Waals surface area contributed by atoms with E-state index in [-0.39, 0.29) is 5.54 Å². The van der Waals surface area contributed by atoms with Crippen molar-refractivity contribution in [1.29, 1.82) is 0 Å². The van der Waals surface area contributed by atoms with Crippen molar-refractivity contribution in [2.75, 3.05) is 6.54 Å². The van der Waals surface area contributed by atoms with Crippen molar-refractivity contribution in [2.45, 2.75) is 52.0 Å². The summed E-state index contributed by atoms with van der Waals surface area (Å²) in [7, 11) is 0. The van der Waals surface area contributed by atoms with Crippen LogP contribution in [0.1, 0.15) is 52.0 Å². The first-order chi connectivity index (χ1) is 8.97. The normalized spacial score (nSPS) is 23.5. The Morgan fingerprint density at radius 2 is 1.95 bits per heavy atom. The molecule has 2 rings (SSSR count). The molecule has 0 amide bonds. The largest absolute Gasteiger partial charge is 0.312 e. The fraction of sp³-hybridized carbons (Fsp3) is 0.556. The Balaban J connectivity index is 1.78. The van der Waals surface area contributed by atoms with E-state index in [1.165, 1.54) is 12.0 Å². The first-order valence-electron chi connectivity index (χ1n) is 7.44. The van der Waals surface area contributed by atoms with E-state index >= 15 is 0 Å². The molecular weight excluding hydrogens is 230 g/mol. The van der Waals surface area contributed by atoms with Crippen LogP contribution in [0.4, 0.5) is 0 Å². The van der Waals surface area contributed by atoms with E-state index in [0.29, 0.717) is 0 Å². The van der Waals surface area contributed by atoms with E-state index in [0.717, 1.165) is 24.8 Å². The Bertz CT molecular complexity index is 425. The molecule has 1 fully saturated rings. The van der Waals surface area contributed by atoms with E-state index < -0.39 is 0 Å². The number of benzene rings is 1. The molecule has 1 aromatic carbocycles. The van der Waals surface area contributed by atoms with Gasteiger partial charge in [-0.2, -0.15) is 0 Å². The zero-order valence-corrected chi connectivity index (χ0v) is 12.7. The molecule has 1 aromatic rings. The Morgan fingerprint density at radius 3 is 2.58 bits per heavy atom. The van der Waals surface area contributed by atoms with Gasteiger partial charge >= 0.3 is 0 Å². The van der Waals surface area contributed by atoms with Crippen LogP contribution in [0.5, 0.6) is 0 Å². The molecule has 1 heteroatoms. The van der Waals surface area contributed by atoms with Gasteiger partial charge in [0.05, 0.1) is 0 Å². The number of hydrogen-bond donors (Lipinski definition) is 1. The van der Waals surface area contributed by atoms with Gasteiger partial charge in [0.2, 0.25) is 0 Å². The quantitative estimate of drug-likeness (QED) is 0.604. The SMILES string of the molecule is C/C(=C/CCNC(C)(C)C)C1CC1c1ccccc1. The molecule has 2 unspecified atom stereocenters. The minimum absolute atomic E-state index is 0.230. The van der Waals surface area contributed by atoms with Gasteiger partial charge in [0, 0.05) is 5.54 Å². The van der Waals surface area contributed by atoms with E-state index in [4.69, 9.17) is 0 Å². The smallest absolute Gasteiger partial charge is 0.00966 e. The van der Waals surface area contributed by atoms with Crippen LogP contribution in [0, 0.1) is 5.92 Å². The highest BCUT2D eigenvalue weighted by molar-refractivity contribution is 5.31. The monoisotopic (exact) mass is 257 g/mol. The predicted octanol–water partition coefficient (Wildman–Crippen LogP) is 4.51. The van der Waals surface area contributed by atoms with Crippen LogP contribution < -0.4 is 5.32 Å². The minimum atomic E-state index is 0.230. The van der Waals surface area contributed by atoms with E-state index in [2.05, 4.69) is 69.4 Å². The fourth-order valence-electron chi connectivity index (χ4n) is 2.67. The molecule has 1 aliphatic rings. The third-order valence-corrected chi connectivity index (χ3v) is 3.87. The van der Waals surface area contributed by atoms with Gasteiger partial charge in [-0.05, 0) is 64.5 Å². The predicted molar refractivity (Wildman–Crippen MR) is 83.4 cm³/mol. The molecule has 2 atom stereocenters. The summed E-state index contributed by atoms with van der Waals surface area (Å²) in [5, 5.41) is 3.53. The highest BCUT2D eigenvalue weighted by atomic mass is 14.9. The minimum Gasteiger partial charge on any atom is -0.312 e. The van der Waals surface area contributed by atoms with E-state index in [9.17, 15) is 0 Å². The summed E-state index contributed by atoms with van der Waals surface area (Å²) in [6.07, 6.45) is 4.90. The van der Waals surface area contributed by atoms with Gasteiger partial charge in [-0.25, -0.2) is 0 Å². The van der Waals surface area contributed by atoms with Crippen molar-refractivity contribution in [1.82, 2.24) is 5.32 Å². The van der Waals surface area contributed by atoms with Crippen molar-refractivity contribution in [3.63, 3.8) is 0 Å². The first kappa shape index (κ1) is 14.3. The van der Waals surface area contributed by atoms with Crippen LogP contribution in [-0.4, -0.2) is 12.1 Å². The Kier molecular flexibility index (Phi) is 4.46. The van der Waals surface area contributed by atoms with E-state index in [1.807, 2.05) is 0 Å². The first-order valence-corrected chi connectivity index (χ1v) is 7.44. The van der Waals surface area contributed by atoms with Gasteiger partial charge in [0.15, 0.2) is 0 Å². The summed E-state index contributed by atoms with van der Waals surface area (Å²) >= 11 is 0. The van der Waals surface area contributed by atoms with Crippen LogP contribution in [-0.2, 0) is 0 Å². The van der Waals surface area contributed by atoms with Crippen molar-refractivity contribution >= 4 is 0 Å². The van der Waals surface area contributed by atoms with Gasteiger partial charge in [0.25, 0.3) is 0 Å². The van der Waals surface area contributed by atoms with Crippen LogP contribution in [0.15, 0.2) is 42.0 Å². The molecule has 0 spiro atoms. The third kappa shape index (κ3) is 4.50. The van der Waals surface area contributed by atoms with Crippen LogP contribution in [0.3, 0.4) is 0 Å². The van der Waals surface area contributed by atoms with Crippen molar-refractivity contribution in [3.8, 4) is 0 Å². The summed E-state index contributed by atoms with van der Waals surface area (Å²) in [5.41, 5.74) is 3.31. The maximum atomic E-state index is 3.53. The summed E-state index contributed by atoms with van der Waals surface area (Å²) in [5.74, 6) is 1.56. The van der Waals surface area contributed by atoms with Crippen LogP contribution in [0.2, 0.25) is 0 Å². The second-order valence-electron chi connectivity index (χ2n) is 6.77. The van der Waals surface area contributed by atoms with Crippen molar-refractivity contribution in [2.24, 2.45) is 5.92 Å². The Hall–Kier alpha value is -1.08. The van der Waals surface area contributed by atoms with Gasteiger partial charge in [0.1, 0.15) is 0 Å². The molecule has 0 heterocycles. The molecule has 1 saturated carbocycles. The molecule has 1 aliphatic carbocycles. The molecular formula is C18H27N. The number of nitrogens with one attached hydrogen (secondary N) is 1. The topological polar surface area (TPSA) is 12.0 Å². The van der Waals surface area contributed by atoms with Gasteiger partial charge in [-0.15, -0.1) is 0 Å². The lowest BCUT2D eigenvalue weighted by Gasteiger charge is -2.19. The summed E-state index contributed by atoms with van der Waals surface area (Å²) in [6, 6.07) is 10.9. The third-order valence-electron chi connectivity index (χ3n) is 3.87. The number of rotatable bonds is 5. The lowest BCUT2D eigenvalue weighted by molar-refractivity contribution is 0.431. The molecule has 1 nitrogen and oxygen atoms in total. The molecule has 0 saturated heterocycles. The molecule has 104 valence electrons. The second kappa shape index (κ2) is 5.92. The summed E-state index contributed by atoms with van der Waals surface area (Å²) < 4.78 is 0. The molecule has 1 N–H and O–H groups in total. The lowest BCUT2D eigenvalue weighted by Crippen LogP contribution is -2.36. The molecule has 19 heavy (non-hydrogen) atoms. The highest BCUT2D eigenvalue weighted by Gasteiger charge is 2.38. The van der Waals surface area contributed by atoms with Gasteiger partial charge in [-0.1, -0.05) is 42.0 Å². The molecule has 0 radical (unpaired) electrons. The van der Waals surface area contributed by atoms with Crippen molar-refractivity contribution < 1.29 is 0 Å². The zero-order valence-electron chi connectivity index (χ0n) is 12.7. The van der Waals surface area contributed by atoms with Gasteiger partial charge in [-0.3, -0.25) is 0 Å². The van der Waals surface area contributed by atoms with Gasteiger partial charge < -0.3 is 5.32 Å². The summed E-state index contributed by atoms with van der Waals surface area (Å²) in [6.45, 7) is 10.0. The number of hydrogen-bond acceptors (Lipinski definition) is 1. The maximum absolute atomic E-state index is 3.53. The Labute approximate surface area is 118 Å². The summed E-state index contributed by atoms with van der Waals surface area (Å²) in [4.78, 5) is 0. The fourth-order valence-corrected chi connectivity index (χ4v) is 2.67. The van der Waals surface area contributed by atoms with Crippen molar-refractivity contribution in [3.05, 3.63) is 47.5 Å². The second-order valence-corrected chi connectivity index (χ2v) is 6.77. The van der Waals surface area contributed by atoms with E-state index in [1.54, 1.807) is 5.57 Å². The molecule has 0 aliphatic heterocycles. The Morgan fingerprint density at radius 1 is 1.26 bits per heavy atom. The zero-order chi connectivity index (χ0) is 13.9. The van der Waals surface area contributed by atoms with Crippen LogP contribution in [0.25, 0.3) is 0 Å². The van der Waals surface area contributed by atoms with Crippen LogP contribution >= 0.6 is 0 Å². The molecule has 0 aromatic heterocycles. The average Bonchev–Trinajstić information content (AvgIpc) is 3.14.